The number of hydrogen-bond donors (Lipinski definition) is 0. The normalized spacial score (nSPS) is 11.6. The summed E-state index contributed by atoms with van der Waals surface area (Å²) in [6.45, 7) is 0. The Morgan fingerprint density at radius 1 is 1.38 bits per heavy atom. The summed E-state index contributed by atoms with van der Waals surface area (Å²) in [5, 5.41) is 0.999. The number of hydrogen-bond acceptors (Lipinski definition) is 0. The number of fused-ring (bicyclic) bond motifs is 1. The van der Waals surface area contributed by atoms with E-state index in [1.165, 1.54) is 16.7 Å². The molecule has 0 aliphatic heterocycles. The van der Waals surface area contributed by atoms with Crippen molar-refractivity contribution >= 4 is 15.9 Å². The van der Waals surface area contributed by atoms with Gasteiger partial charge in [-0.1, -0.05) is 28.1 Å². The third-order valence-electron chi connectivity index (χ3n) is 1.48. The molecule has 2 rings (SSSR count). The van der Waals surface area contributed by atoms with Gasteiger partial charge in [0, 0.05) is 5.33 Å². The van der Waals surface area contributed by atoms with Gasteiger partial charge in [0.1, 0.15) is 0 Å². The molecule has 2 aliphatic rings. The van der Waals surface area contributed by atoms with Gasteiger partial charge >= 0.3 is 0 Å². The van der Waals surface area contributed by atoms with Crippen molar-refractivity contribution in [3.05, 3.63) is 23.8 Å². The first kappa shape index (κ1) is 4.57. The predicted molar refractivity (Wildman–Crippen MR) is 38.1 cm³/mol. The minimum absolute atomic E-state index is 0.999. The number of rotatable bonds is 1. The topological polar surface area (TPSA) is 0 Å². The second kappa shape index (κ2) is 1.35. The van der Waals surface area contributed by atoms with E-state index in [4.69, 9.17) is 0 Å². The van der Waals surface area contributed by atoms with Crippen molar-refractivity contribution in [1.29, 1.82) is 0 Å². The van der Waals surface area contributed by atoms with E-state index in [1.807, 2.05) is 0 Å². The lowest BCUT2D eigenvalue weighted by Gasteiger charge is -1.81. The molecule has 0 amide bonds. The van der Waals surface area contributed by atoms with Crippen molar-refractivity contribution in [3.63, 3.8) is 0 Å². The summed E-state index contributed by atoms with van der Waals surface area (Å²) in [6.07, 6.45) is 0. The quantitative estimate of drug-likeness (QED) is 0.575. The van der Waals surface area contributed by atoms with Gasteiger partial charge in [-0.3, -0.25) is 0 Å². The zero-order chi connectivity index (χ0) is 5.56. The van der Waals surface area contributed by atoms with Crippen LogP contribution < -0.4 is 0 Å². The van der Waals surface area contributed by atoms with E-state index in [9.17, 15) is 0 Å². The van der Waals surface area contributed by atoms with E-state index in [0.717, 1.165) is 5.33 Å². The van der Waals surface area contributed by atoms with Crippen molar-refractivity contribution in [2.75, 3.05) is 0 Å². The smallest absolute Gasteiger partial charge is 0.0289 e. The Hall–Kier alpha value is -0.300. The van der Waals surface area contributed by atoms with Gasteiger partial charge < -0.3 is 0 Å². The Bertz CT molecular complexity index is 228. The fraction of sp³-hybridized carbons (Fsp3) is 0.143. The van der Waals surface area contributed by atoms with Crippen LogP contribution in [0.2, 0.25) is 0 Å². The highest BCUT2D eigenvalue weighted by Crippen LogP contribution is 2.38. The molecule has 0 spiro atoms. The van der Waals surface area contributed by atoms with Gasteiger partial charge in [0.2, 0.25) is 0 Å². The van der Waals surface area contributed by atoms with E-state index in [2.05, 4.69) is 34.1 Å². The first-order valence-corrected chi connectivity index (χ1v) is 3.73. The van der Waals surface area contributed by atoms with Crippen LogP contribution in [0.3, 0.4) is 0 Å². The predicted octanol–water partition coefficient (Wildman–Crippen LogP) is 2.56. The van der Waals surface area contributed by atoms with Gasteiger partial charge in [-0.2, -0.15) is 0 Å². The van der Waals surface area contributed by atoms with Gasteiger partial charge in [0.15, 0.2) is 0 Å². The molecule has 0 aromatic rings. The largest absolute Gasteiger partial charge is 0.0876 e. The molecule has 2 aliphatic carbocycles. The highest BCUT2D eigenvalue weighted by atomic mass is 79.9. The first-order chi connectivity index (χ1) is 3.92. The minimum atomic E-state index is 0.999. The molecule has 1 heteroatoms. The van der Waals surface area contributed by atoms with Crippen LogP contribution in [0.5, 0.6) is 0 Å². The average Bonchev–Trinajstić information content (AvgIpc) is 2.46. The Balaban J connectivity index is 2.49. The molecule has 0 radical (unpaired) electrons. The van der Waals surface area contributed by atoms with Crippen molar-refractivity contribution in [1.82, 2.24) is 0 Å². The molecule has 0 saturated heterocycles. The summed E-state index contributed by atoms with van der Waals surface area (Å²) in [5.74, 6) is 0. The molecule has 8 heavy (non-hydrogen) atoms. The summed E-state index contributed by atoms with van der Waals surface area (Å²) in [6, 6.07) is 6.53. The molecule has 40 valence electrons. The van der Waals surface area contributed by atoms with Gasteiger partial charge in [0.25, 0.3) is 0 Å². The van der Waals surface area contributed by atoms with Crippen LogP contribution in [0.25, 0.3) is 11.1 Å². The summed E-state index contributed by atoms with van der Waals surface area (Å²) in [7, 11) is 0. The van der Waals surface area contributed by atoms with Crippen LogP contribution in [0, 0.1) is 0 Å². The van der Waals surface area contributed by atoms with Gasteiger partial charge in [-0.25, -0.2) is 0 Å². The number of halogens is 1. The Morgan fingerprint density at radius 2 is 2.25 bits per heavy atom. The molecule has 0 nitrogen and oxygen atoms in total. The molecule has 0 saturated carbocycles. The lowest BCUT2D eigenvalue weighted by Crippen LogP contribution is -1.63. The number of benzene rings is 1. The van der Waals surface area contributed by atoms with Crippen LogP contribution in [-0.4, -0.2) is 0 Å². The van der Waals surface area contributed by atoms with E-state index >= 15 is 0 Å². The first-order valence-electron chi connectivity index (χ1n) is 2.61. The third kappa shape index (κ3) is 0.451. The van der Waals surface area contributed by atoms with E-state index in [-0.39, 0.29) is 0 Å². The third-order valence-corrected chi connectivity index (χ3v) is 2.09. The summed E-state index contributed by atoms with van der Waals surface area (Å²) >= 11 is 3.40. The highest BCUT2D eigenvalue weighted by Gasteiger charge is 2.14. The molecule has 0 unspecified atom stereocenters. The molecule has 0 N–H and O–H groups in total. The molecule has 0 fully saturated rings. The monoisotopic (exact) mass is 168 g/mol. The summed E-state index contributed by atoms with van der Waals surface area (Å²) in [4.78, 5) is 0. The molecule has 0 bridgehead atoms. The zero-order valence-corrected chi connectivity index (χ0v) is 5.90. The highest BCUT2D eigenvalue weighted by molar-refractivity contribution is 9.08. The van der Waals surface area contributed by atoms with Crippen LogP contribution in [0.1, 0.15) is 5.56 Å². The van der Waals surface area contributed by atoms with E-state index < -0.39 is 0 Å². The molecule has 0 aromatic carbocycles. The lowest BCUT2D eigenvalue weighted by atomic mass is 10.3. The molecular weight excluding hydrogens is 164 g/mol. The minimum Gasteiger partial charge on any atom is -0.0876 e. The van der Waals surface area contributed by atoms with Gasteiger partial charge in [-0.15, -0.1) is 0 Å². The zero-order valence-electron chi connectivity index (χ0n) is 4.32. The fourth-order valence-corrected chi connectivity index (χ4v) is 1.42. The summed E-state index contributed by atoms with van der Waals surface area (Å²) in [5.41, 5.74) is 4.32. The molecule has 0 aromatic heterocycles. The van der Waals surface area contributed by atoms with Crippen molar-refractivity contribution < 1.29 is 0 Å². The fourth-order valence-electron chi connectivity index (χ4n) is 0.932. The van der Waals surface area contributed by atoms with Gasteiger partial charge in [-0.05, 0) is 22.8 Å². The maximum atomic E-state index is 3.40. The average molecular weight is 169 g/mol. The van der Waals surface area contributed by atoms with Crippen molar-refractivity contribution in [2.45, 2.75) is 5.33 Å². The SMILES string of the molecule is BrCc1ccc2cc1-2. The Kier molecular flexibility index (Phi) is 0.770. The second-order valence-electron chi connectivity index (χ2n) is 2.01. The molecule has 0 atom stereocenters. The van der Waals surface area contributed by atoms with Crippen LogP contribution in [0.15, 0.2) is 18.2 Å². The Morgan fingerprint density at radius 3 is 2.50 bits per heavy atom. The second-order valence-corrected chi connectivity index (χ2v) is 2.57. The van der Waals surface area contributed by atoms with Crippen LogP contribution in [-0.2, 0) is 5.33 Å². The van der Waals surface area contributed by atoms with E-state index in [0.29, 0.717) is 0 Å². The van der Waals surface area contributed by atoms with Crippen LogP contribution in [0.4, 0.5) is 0 Å². The van der Waals surface area contributed by atoms with Crippen molar-refractivity contribution in [2.24, 2.45) is 0 Å². The van der Waals surface area contributed by atoms with E-state index in [1.54, 1.807) is 0 Å². The van der Waals surface area contributed by atoms with Crippen LogP contribution >= 0.6 is 15.9 Å². The van der Waals surface area contributed by atoms with Gasteiger partial charge in [0.05, 0.1) is 0 Å². The number of alkyl halides is 1. The summed E-state index contributed by atoms with van der Waals surface area (Å²) < 4.78 is 0. The lowest BCUT2D eigenvalue weighted by molar-refractivity contribution is 1.52. The maximum absolute atomic E-state index is 3.40. The molecule has 0 heterocycles. The van der Waals surface area contributed by atoms with Crippen molar-refractivity contribution in [3.8, 4) is 11.1 Å². The maximum Gasteiger partial charge on any atom is 0.0289 e. The Labute approximate surface area is 56.7 Å². The molecular formula is C7H5Br. The standard InChI is InChI=1S/C7H5Br/c8-4-6-2-1-5-3-7(5)6/h1-3H,4H2.